The first-order valence-electron chi connectivity index (χ1n) is 0.143. The molecule has 0 atom stereocenters. The molecule has 0 spiro atoms. The maximum atomic E-state index is 8.00. The van der Waals surface area contributed by atoms with Gasteiger partial charge in [-0.25, -0.2) is 0 Å². The summed E-state index contributed by atoms with van der Waals surface area (Å²) in [6.07, 6.45) is 0. The zero-order chi connectivity index (χ0) is 2.00. The van der Waals surface area contributed by atoms with Crippen LogP contribution in [-0.2, 0) is 0 Å². The molecule has 6 heavy (non-hydrogen) atoms. The number of hydrogen-bond donors (Lipinski definition) is 0. The third-order valence-corrected chi connectivity index (χ3v) is 0. The molecule has 0 unspecified atom stereocenters. The first-order chi connectivity index (χ1) is 1.00. The summed E-state index contributed by atoms with van der Waals surface area (Å²) in [6, 6.07) is 0. The Bertz CT molecular complexity index is 5.51. The molecule has 8 N–H and O–H groups in total. The zero-order valence-electron chi connectivity index (χ0n) is 2.76. The van der Waals surface area contributed by atoms with Gasteiger partial charge < -0.3 is 21.9 Å². The maximum Gasteiger partial charge on any atom is 0 e. The van der Waals surface area contributed by atoms with Gasteiger partial charge in [0.2, 0.25) is 0 Å². The van der Waals surface area contributed by atoms with Crippen molar-refractivity contribution >= 4 is 0 Å². The Labute approximate surface area is 32.5 Å². The predicted molar refractivity (Wildman–Crippen MR) is 16.7 cm³/mol. The van der Waals surface area contributed by atoms with Gasteiger partial charge in [-0.15, -0.1) is 0 Å². The highest BCUT2D eigenvalue weighted by Crippen LogP contribution is 1.42. The summed E-state index contributed by atoms with van der Waals surface area (Å²) in [5.74, 6) is 0. The van der Waals surface area contributed by atoms with E-state index in [2.05, 4.69) is 0 Å². The average molecular weight is 110 g/mol. The average Bonchev–Trinajstić information content (AvgIpc) is 1.00. The lowest BCUT2D eigenvalue weighted by Gasteiger charge is -1.000. The summed E-state index contributed by atoms with van der Waals surface area (Å²) >= 11 is 0. The number of hydrogen-bond acceptors (Lipinski definition) is 0. The van der Waals surface area contributed by atoms with Crippen LogP contribution in [0, 0.1) is 0 Å². The van der Waals surface area contributed by atoms with Crippen LogP contribution < -0.4 is 0 Å². The van der Waals surface area contributed by atoms with Gasteiger partial charge in [0.15, 0.2) is 0 Å². The van der Waals surface area contributed by atoms with Crippen molar-refractivity contribution in [1.29, 1.82) is 0 Å². The molecule has 0 aromatic heterocycles. The van der Waals surface area contributed by atoms with Crippen LogP contribution in [-0.4, -0.2) is 21.9 Å². The summed E-state index contributed by atoms with van der Waals surface area (Å²) in [4.78, 5) is 0. The fraction of sp³-hybridized carbons (Fsp3) is 0. The van der Waals surface area contributed by atoms with Crippen molar-refractivity contribution in [3.05, 3.63) is 0 Å². The number of halogens is 2. The van der Waals surface area contributed by atoms with E-state index in [-0.39, 0.29) is 21.9 Å². The van der Waals surface area contributed by atoms with Crippen LogP contribution in [0.15, 0.2) is 0 Å². The topological polar surface area (TPSA) is 126 Å². The van der Waals surface area contributed by atoms with Crippen molar-refractivity contribution in [3.8, 4) is 0 Å². The Morgan fingerprint density at radius 2 is 0.500 bits per heavy atom. The van der Waals surface area contributed by atoms with E-state index in [1.165, 1.54) is 0 Å². The summed E-state index contributed by atoms with van der Waals surface area (Å²) in [5, 5.41) is 0. The van der Waals surface area contributed by atoms with E-state index in [1.807, 2.05) is 0 Å². The van der Waals surface area contributed by atoms with Crippen molar-refractivity contribution in [2.24, 2.45) is 0 Å². The van der Waals surface area contributed by atoms with E-state index >= 15 is 0 Å². The summed E-state index contributed by atoms with van der Waals surface area (Å²) in [5.41, 5.74) is 0. The molecule has 0 rings (SSSR count). The Hall–Kier alpha value is -0.300. The van der Waals surface area contributed by atoms with Gasteiger partial charge in [-0.1, -0.05) is 0 Å². The van der Waals surface area contributed by atoms with E-state index in [9.17, 15) is 0 Å². The molecule has 0 saturated heterocycles. The smallest absolute Gasteiger partial charge is 0 e. The maximum absolute atomic E-state index is 8.00. The minimum atomic E-state index is 0. The van der Waals surface area contributed by atoms with Gasteiger partial charge in [0, 0.05) is 9.15 Å². The van der Waals surface area contributed by atoms with Gasteiger partial charge >= 0.3 is 0 Å². The van der Waals surface area contributed by atoms with Gasteiger partial charge in [-0.05, 0) is 0 Å². The lowest BCUT2D eigenvalue weighted by molar-refractivity contribution is 0.108. The normalized spacial score (nSPS) is 1.00. The Balaban J connectivity index is -0.000000000833. The minimum absolute atomic E-state index is 0. The Morgan fingerprint density at radius 3 is 0.500 bits per heavy atom. The fourth-order valence-electron chi connectivity index (χ4n) is 0. The number of rotatable bonds is 0. The highest BCUT2D eigenvalue weighted by atomic mass is 20.0. The molecular weight excluding hydrogens is 102 g/mol. The molecule has 6 heteroatoms. The molecule has 0 aromatic rings. The van der Waals surface area contributed by atoms with Crippen LogP contribution in [0.1, 0.15) is 0 Å². The second-order valence-electron chi connectivity index (χ2n) is 0. The molecule has 0 radical (unpaired) electrons. The lowest BCUT2D eigenvalue weighted by atomic mass is 16.0. The molecule has 0 aliphatic rings. The molecule has 4 nitrogen and oxygen atoms in total. The van der Waals surface area contributed by atoms with Gasteiger partial charge in [-0.2, -0.15) is 0 Å². The van der Waals surface area contributed by atoms with Crippen LogP contribution in [0.2, 0.25) is 0 Å². The molecule has 46 valence electrons. The molecule has 0 aromatic carbocycles. The Kier molecular flexibility index (Phi) is 30600. The fourth-order valence-corrected chi connectivity index (χ4v) is 0. The van der Waals surface area contributed by atoms with Crippen LogP contribution in [0.3, 0.4) is 0 Å². The second kappa shape index (κ2) is 715. The zero-order valence-corrected chi connectivity index (χ0v) is 2.76. The Morgan fingerprint density at radius 1 is 0.500 bits per heavy atom. The van der Waals surface area contributed by atoms with E-state index < -0.39 is 0 Å². The molecule has 0 amide bonds. The van der Waals surface area contributed by atoms with Gasteiger partial charge in [0.25, 0.3) is 0 Å². The first-order valence-corrected chi connectivity index (χ1v) is 0.143. The highest BCUT2D eigenvalue weighted by molar-refractivity contribution is 2.11. The van der Waals surface area contributed by atoms with Crippen LogP contribution >= 0.6 is 0 Å². The lowest BCUT2D eigenvalue weighted by Crippen LogP contribution is -0.580. The van der Waals surface area contributed by atoms with Crippen molar-refractivity contribution in [3.63, 3.8) is 0 Å². The van der Waals surface area contributed by atoms with Crippen LogP contribution in [0.25, 0.3) is 0 Å². The largest absolute Gasteiger partial charge is 0.412 e. The molecule has 0 fully saturated rings. The first kappa shape index (κ1) is 257. The van der Waals surface area contributed by atoms with Gasteiger partial charge in [0.05, 0.1) is 0 Å². The highest BCUT2D eigenvalue weighted by Gasteiger charge is 1.00. The second-order valence-corrected chi connectivity index (χ2v) is 0. The third kappa shape index (κ3) is 300. The molecule has 0 aliphatic heterocycles. The summed E-state index contributed by atoms with van der Waals surface area (Å²) in [7, 11) is 0. The molecule has 0 saturated carbocycles. The quantitative estimate of drug-likeness (QED) is 0.328. The summed E-state index contributed by atoms with van der Waals surface area (Å²) < 4.78 is 16.0. The van der Waals surface area contributed by atoms with Crippen LogP contribution in [0.4, 0.5) is 9.15 Å². The standard InChI is InChI=1S/F2.4H2O/c1-2;;;;/h;4*1H2. The van der Waals surface area contributed by atoms with Gasteiger partial charge in [-0.3, -0.25) is 0 Å². The van der Waals surface area contributed by atoms with E-state index in [4.69, 9.17) is 9.15 Å². The molecule has 0 heterocycles. The van der Waals surface area contributed by atoms with E-state index in [1.54, 1.807) is 0 Å². The SMILES string of the molecule is FF.O.O.O.O. The van der Waals surface area contributed by atoms with Crippen molar-refractivity contribution in [1.82, 2.24) is 0 Å². The molecule has 0 aliphatic carbocycles. The minimum Gasteiger partial charge on any atom is -0.412 e. The summed E-state index contributed by atoms with van der Waals surface area (Å²) in [6.45, 7) is 0. The third-order valence-electron chi connectivity index (χ3n) is 0. The van der Waals surface area contributed by atoms with Crippen molar-refractivity contribution < 1.29 is 31.1 Å². The predicted octanol–water partition coefficient (Wildman–Crippen LogP) is -2.46. The van der Waals surface area contributed by atoms with Crippen molar-refractivity contribution in [2.75, 3.05) is 0 Å². The van der Waals surface area contributed by atoms with E-state index in [0.29, 0.717) is 0 Å². The van der Waals surface area contributed by atoms with E-state index in [0.717, 1.165) is 0 Å². The van der Waals surface area contributed by atoms with Gasteiger partial charge in [0.1, 0.15) is 0 Å². The molecule has 0 bridgehead atoms. The van der Waals surface area contributed by atoms with Crippen molar-refractivity contribution in [2.45, 2.75) is 0 Å². The van der Waals surface area contributed by atoms with Crippen LogP contribution in [0.5, 0.6) is 0 Å². The molecular formula is H8F2O4. The monoisotopic (exact) mass is 110 g/mol.